The highest BCUT2D eigenvalue weighted by Gasteiger charge is 2.15. The molecule has 0 spiro atoms. The number of nitrogens with zero attached hydrogens (tertiary/aromatic N) is 6. The lowest BCUT2D eigenvalue weighted by Crippen LogP contribution is -2.19. The van der Waals surface area contributed by atoms with E-state index in [0.717, 1.165) is 10.2 Å². The average molecular weight is 400 g/mol. The van der Waals surface area contributed by atoms with Gasteiger partial charge in [0.1, 0.15) is 5.02 Å². The molecule has 112 valence electrons. The highest BCUT2D eigenvalue weighted by molar-refractivity contribution is 9.10. The van der Waals surface area contributed by atoms with E-state index in [1.165, 1.54) is 29.7 Å². The summed E-state index contributed by atoms with van der Waals surface area (Å²) in [5.41, 5.74) is 0.429. The largest absolute Gasteiger partial charge is 0.286 e. The monoisotopic (exact) mass is 398 g/mol. The molecule has 1 aromatic carbocycles. The summed E-state index contributed by atoms with van der Waals surface area (Å²) in [4.78, 5) is 12.3. The third-order valence-electron chi connectivity index (χ3n) is 2.76. The first-order valence-corrected chi connectivity index (χ1v) is 7.99. The van der Waals surface area contributed by atoms with Gasteiger partial charge in [0.25, 0.3) is 5.56 Å². The number of aromatic nitrogens is 6. The van der Waals surface area contributed by atoms with Gasteiger partial charge in [0.15, 0.2) is 0 Å². The summed E-state index contributed by atoms with van der Waals surface area (Å²) in [6.45, 7) is 0. The highest BCUT2D eigenvalue weighted by Crippen LogP contribution is 2.30. The van der Waals surface area contributed by atoms with Crippen LogP contribution >= 0.6 is 39.3 Å². The molecule has 7 nitrogen and oxygen atoms in total. The molecule has 0 radical (unpaired) electrons. The number of benzene rings is 1. The van der Waals surface area contributed by atoms with Crippen molar-refractivity contribution < 1.29 is 0 Å². The average Bonchev–Trinajstić information content (AvgIpc) is 2.97. The maximum Gasteiger partial charge on any atom is 0.286 e. The highest BCUT2D eigenvalue weighted by atomic mass is 79.9. The van der Waals surface area contributed by atoms with E-state index in [2.05, 4.69) is 36.6 Å². The molecule has 0 aliphatic rings. The summed E-state index contributed by atoms with van der Waals surface area (Å²) < 4.78 is 3.69. The molecular formula is C12H8BrClN6OS. The molecule has 2 aromatic heterocycles. The molecule has 0 saturated carbocycles. The standard InChI is InChI=1S/C12H8BrClN6OS/c1-19-11(21)10(14)9(6-15-19)22-12-16-17-18-20(12)8-4-2-7(13)3-5-8/h2-6H,1H3. The number of hydrogen-bond donors (Lipinski definition) is 0. The quantitative estimate of drug-likeness (QED) is 0.672. The molecule has 0 bridgehead atoms. The van der Waals surface area contributed by atoms with Crippen LogP contribution in [0.4, 0.5) is 0 Å². The van der Waals surface area contributed by atoms with Crippen LogP contribution in [0, 0.1) is 0 Å². The van der Waals surface area contributed by atoms with Gasteiger partial charge in [-0.05, 0) is 46.5 Å². The Balaban J connectivity index is 1.98. The molecule has 3 aromatic rings. The molecule has 0 aliphatic heterocycles. The van der Waals surface area contributed by atoms with Gasteiger partial charge in [-0.25, -0.2) is 4.68 Å². The first kappa shape index (κ1) is 15.2. The molecule has 0 fully saturated rings. The first-order valence-electron chi connectivity index (χ1n) is 6.00. The molecule has 0 amide bonds. The van der Waals surface area contributed by atoms with Crippen LogP contribution in [0.2, 0.25) is 5.02 Å². The minimum atomic E-state index is -0.366. The Morgan fingerprint density at radius 2 is 2.00 bits per heavy atom. The maximum absolute atomic E-state index is 11.8. The second-order valence-corrected chi connectivity index (χ2v) is 6.51. The number of aryl methyl sites for hydroxylation is 1. The Morgan fingerprint density at radius 1 is 1.27 bits per heavy atom. The zero-order valence-electron chi connectivity index (χ0n) is 11.1. The molecule has 2 heterocycles. The van der Waals surface area contributed by atoms with Crippen molar-refractivity contribution in [3.63, 3.8) is 0 Å². The van der Waals surface area contributed by atoms with Crippen LogP contribution in [0.1, 0.15) is 0 Å². The Bertz CT molecular complexity index is 878. The van der Waals surface area contributed by atoms with Crippen molar-refractivity contribution in [2.75, 3.05) is 0 Å². The molecule has 0 aliphatic carbocycles. The van der Waals surface area contributed by atoms with Crippen molar-refractivity contribution in [1.29, 1.82) is 0 Å². The molecule has 0 unspecified atom stereocenters. The Labute approximate surface area is 142 Å². The van der Waals surface area contributed by atoms with Gasteiger partial charge in [-0.1, -0.05) is 27.5 Å². The third-order valence-corrected chi connectivity index (χ3v) is 4.73. The van der Waals surface area contributed by atoms with Crippen molar-refractivity contribution in [2.45, 2.75) is 10.1 Å². The molecule has 0 saturated heterocycles. The second kappa shape index (κ2) is 6.19. The van der Waals surface area contributed by atoms with Gasteiger partial charge in [-0.3, -0.25) is 4.79 Å². The lowest BCUT2D eigenvalue weighted by Gasteiger charge is -2.05. The summed E-state index contributed by atoms with van der Waals surface area (Å²) >= 11 is 10.6. The summed E-state index contributed by atoms with van der Waals surface area (Å²) in [7, 11) is 1.54. The van der Waals surface area contributed by atoms with Crippen LogP contribution in [-0.4, -0.2) is 30.0 Å². The fourth-order valence-corrected chi connectivity index (χ4v) is 2.98. The first-order chi connectivity index (χ1) is 10.6. The Kier molecular flexibility index (Phi) is 4.27. The predicted octanol–water partition coefficient (Wildman–Crippen LogP) is 2.32. The van der Waals surface area contributed by atoms with E-state index in [0.29, 0.717) is 10.1 Å². The van der Waals surface area contributed by atoms with E-state index in [9.17, 15) is 4.79 Å². The van der Waals surface area contributed by atoms with Crippen LogP contribution < -0.4 is 5.56 Å². The minimum absolute atomic E-state index is 0.0906. The molecule has 22 heavy (non-hydrogen) atoms. The summed E-state index contributed by atoms with van der Waals surface area (Å²) in [6, 6.07) is 7.51. The SMILES string of the molecule is Cn1ncc(Sc2nnnn2-c2ccc(Br)cc2)c(Cl)c1=O. The van der Waals surface area contributed by atoms with Crippen LogP contribution in [0.25, 0.3) is 5.69 Å². The van der Waals surface area contributed by atoms with Gasteiger partial charge in [0.2, 0.25) is 5.16 Å². The van der Waals surface area contributed by atoms with E-state index in [4.69, 9.17) is 11.6 Å². The fraction of sp³-hybridized carbons (Fsp3) is 0.0833. The zero-order chi connectivity index (χ0) is 15.7. The molecule has 10 heteroatoms. The van der Waals surface area contributed by atoms with Crippen molar-refractivity contribution >= 4 is 39.3 Å². The van der Waals surface area contributed by atoms with E-state index >= 15 is 0 Å². The lowest BCUT2D eigenvalue weighted by atomic mass is 10.3. The van der Waals surface area contributed by atoms with Crippen molar-refractivity contribution in [1.82, 2.24) is 30.0 Å². The predicted molar refractivity (Wildman–Crippen MR) is 85.5 cm³/mol. The third kappa shape index (κ3) is 2.92. The van der Waals surface area contributed by atoms with Crippen LogP contribution in [0.15, 0.2) is 49.8 Å². The van der Waals surface area contributed by atoms with Crippen molar-refractivity contribution in [2.24, 2.45) is 7.05 Å². The zero-order valence-corrected chi connectivity index (χ0v) is 14.3. The van der Waals surface area contributed by atoms with E-state index in [1.807, 2.05) is 24.3 Å². The summed E-state index contributed by atoms with van der Waals surface area (Å²) in [5.74, 6) is 0. The van der Waals surface area contributed by atoms with Crippen molar-refractivity contribution in [3.8, 4) is 5.69 Å². The Morgan fingerprint density at radius 3 is 2.73 bits per heavy atom. The number of halogens is 2. The second-order valence-electron chi connectivity index (χ2n) is 4.20. The summed E-state index contributed by atoms with van der Waals surface area (Å²) in [6.07, 6.45) is 1.51. The van der Waals surface area contributed by atoms with E-state index in [1.54, 1.807) is 4.68 Å². The van der Waals surface area contributed by atoms with Gasteiger partial charge in [0, 0.05) is 11.5 Å². The van der Waals surface area contributed by atoms with Crippen LogP contribution in [0.3, 0.4) is 0 Å². The topological polar surface area (TPSA) is 78.5 Å². The van der Waals surface area contributed by atoms with Crippen molar-refractivity contribution in [3.05, 3.63) is 50.3 Å². The van der Waals surface area contributed by atoms with E-state index < -0.39 is 0 Å². The fourth-order valence-electron chi connectivity index (χ4n) is 1.65. The maximum atomic E-state index is 11.8. The Hall–Kier alpha value is -1.71. The number of hydrogen-bond acceptors (Lipinski definition) is 6. The number of rotatable bonds is 3. The van der Waals surface area contributed by atoms with Gasteiger partial charge < -0.3 is 0 Å². The molecule has 0 atom stereocenters. The smallest absolute Gasteiger partial charge is 0.266 e. The molecule has 3 rings (SSSR count). The number of tetrazole rings is 1. The molecular weight excluding hydrogens is 392 g/mol. The van der Waals surface area contributed by atoms with Gasteiger partial charge in [-0.15, -0.1) is 5.10 Å². The van der Waals surface area contributed by atoms with Gasteiger partial charge >= 0.3 is 0 Å². The minimum Gasteiger partial charge on any atom is -0.266 e. The molecule has 0 N–H and O–H groups in total. The van der Waals surface area contributed by atoms with E-state index in [-0.39, 0.29) is 10.6 Å². The lowest BCUT2D eigenvalue weighted by molar-refractivity contribution is 0.696. The van der Waals surface area contributed by atoms with Gasteiger partial charge in [0.05, 0.1) is 16.8 Å². The van der Waals surface area contributed by atoms with Gasteiger partial charge in [-0.2, -0.15) is 9.78 Å². The summed E-state index contributed by atoms with van der Waals surface area (Å²) in [5, 5.41) is 16.1. The normalized spacial score (nSPS) is 10.9. The van der Waals surface area contributed by atoms with Crippen LogP contribution in [0.5, 0.6) is 0 Å². The van der Waals surface area contributed by atoms with Crippen LogP contribution in [-0.2, 0) is 7.05 Å².